The van der Waals surface area contributed by atoms with Gasteiger partial charge in [0.15, 0.2) is 0 Å². The predicted octanol–water partition coefficient (Wildman–Crippen LogP) is 0.717. The van der Waals surface area contributed by atoms with E-state index in [1.54, 1.807) is 6.07 Å². The molecule has 0 atom stereocenters. The summed E-state index contributed by atoms with van der Waals surface area (Å²) < 4.78 is 0. The third kappa shape index (κ3) is 1.89. The molecule has 0 aliphatic carbocycles. The van der Waals surface area contributed by atoms with Gasteiger partial charge in [-0.15, -0.1) is 0 Å². The van der Waals surface area contributed by atoms with E-state index >= 15 is 0 Å². The van der Waals surface area contributed by atoms with Crippen molar-refractivity contribution in [2.45, 2.75) is 6.04 Å². The number of benzene rings is 1. The van der Waals surface area contributed by atoms with Gasteiger partial charge in [-0.25, -0.2) is 4.98 Å². The standard InChI is InChI=1S/C13H14N4O/c14-13(18)10-5-12(16-8-6-15-7-8)17-11-4-2-1-3-9(10)11/h1-5,8,15H,6-7H2,(H2,14,18)(H,16,17). The van der Waals surface area contributed by atoms with E-state index in [4.69, 9.17) is 5.73 Å². The number of para-hydroxylation sites is 1. The molecule has 2 aromatic rings. The number of fused-ring (bicyclic) bond motifs is 1. The van der Waals surface area contributed by atoms with Crippen molar-refractivity contribution in [3.63, 3.8) is 0 Å². The number of anilines is 1. The number of hydrogen-bond donors (Lipinski definition) is 3. The second-order valence-electron chi connectivity index (χ2n) is 4.44. The predicted molar refractivity (Wildman–Crippen MR) is 70.5 cm³/mol. The van der Waals surface area contributed by atoms with Crippen LogP contribution in [0.2, 0.25) is 0 Å². The van der Waals surface area contributed by atoms with E-state index in [9.17, 15) is 4.79 Å². The van der Waals surface area contributed by atoms with E-state index < -0.39 is 5.91 Å². The molecule has 4 N–H and O–H groups in total. The molecule has 18 heavy (non-hydrogen) atoms. The van der Waals surface area contributed by atoms with E-state index in [1.807, 2.05) is 24.3 Å². The first-order valence-electron chi connectivity index (χ1n) is 5.91. The summed E-state index contributed by atoms with van der Waals surface area (Å²) in [7, 11) is 0. The van der Waals surface area contributed by atoms with Crippen molar-refractivity contribution in [3.05, 3.63) is 35.9 Å². The fourth-order valence-corrected chi connectivity index (χ4v) is 2.05. The maximum atomic E-state index is 11.5. The number of nitrogens with zero attached hydrogens (tertiary/aromatic N) is 1. The van der Waals surface area contributed by atoms with Gasteiger partial charge in [-0.2, -0.15) is 0 Å². The van der Waals surface area contributed by atoms with Crippen molar-refractivity contribution in [2.24, 2.45) is 5.73 Å². The zero-order valence-corrected chi connectivity index (χ0v) is 9.81. The Morgan fingerprint density at radius 1 is 1.39 bits per heavy atom. The van der Waals surface area contributed by atoms with Gasteiger partial charge in [0, 0.05) is 18.5 Å². The summed E-state index contributed by atoms with van der Waals surface area (Å²) >= 11 is 0. The van der Waals surface area contributed by atoms with Gasteiger partial charge in [0.05, 0.1) is 17.1 Å². The average molecular weight is 242 g/mol. The molecule has 1 aromatic carbocycles. The van der Waals surface area contributed by atoms with Gasteiger partial charge >= 0.3 is 0 Å². The van der Waals surface area contributed by atoms with Crippen LogP contribution in [0.5, 0.6) is 0 Å². The van der Waals surface area contributed by atoms with Crippen molar-refractivity contribution in [3.8, 4) is 0 Å². The number of primary amides is 1. The minimum atomic E-state index is -0.427. The normalized spacial score (nSPS) is 15.3. The largest absolute Gasteiger partial charge is 0.366 e. The molecule has 0 unspecified atom stereocenters. The number of amides is 1. The van der Waals surface area contributed by atoms with Crippen molar-refractivity contribution < 1.29 is 4.79 Å². The quantitative estimate of drug-likeness (QED) is 0.740. The highest BCUT2D eigenvalue weighted by Gasteiger charge is 2.18. The van der Waals surface area contributed by atoms with Crippen LogP contribution in [0.1, 0.15) is 10.4 Å². The summed E-state index contributed by atoms with van der Waals surface area (Å²) in [6.07, 6.45) is 0. The van der Waals surface area contributed by atoms with Crippen LogP contribution in [0.15, 0.2) is 30.3 Å². The van der Waals surface area contributed by atoms with Gasteiger partial charge < -0.3 is 16.4 Å². The Balaban J connectivity index is 2.07. The van der Waals surface area contributed by atoms with Gasteiger partial charge in [-0.05, 0) is 12.1 Å². The van der Waals surface area contributed by atoms with Crippen LogP contribution in [-0.4, -0.2) is 30.0 Å². The molecule has 5 nitrogen and oxygen atoms in total. The van der Waals surface area contributed by atoms with Crippen molar-refractivity contribution >= 4 is 22.6 Å². The molecule has 1 aliphatic rings. The van der Waals surface area contributed by atoms with Crippen LogP contribution < -0.4 is 16.4 Å². The molecule has 1 fully saturated rings. The first-order chi connectivity index (χ1) is 8.74. The fraction of sp³-hybridized carbons (Fsp3) is 0.231. The molecule has 1 saturated heterocycles. The second kappa shape index (κ2) is 4.27. The summed E-state index contributed by atoms with van der Waals surface area (Å²) in [4.78, 5) is 16.0. The zero-order chi connectivity index (χ0) is 12.5. The lowest BCUT2D eigenvalue weighted by Crippen LogP contribution is -2.51. The van der Waals surface area contributed by atoms with Gasteiger partial charge in [-0.3, -0.25) is 4.79 Å². The van der Waals surface area contributed by atoms with Crippen LogP contribution in [0.4, 0.5) is 5.82 Å². The molecule has 3 rings (SSSR count). The lowest BCUT2D eigenvalue weighted by Gasteiger charge is -2.28. The lowest BCUT2D eigenvalue weighted by molar-refractivity contribution is 0.100. The highest BCUT2D eigenvalue weighted by atomic mass is 16.1. The van der Waals surface area contributed by atoms with Crippen LogP contribution in [-0.2, 0) is 0 Å². The Labute approximate surface area is 104 Å². The van der Waals surface area contributed by atoms with Crippen molar-refractivity contribution in [2.75, 3.05) is 18.4 Å². The summed E-state index contributed by atoms with van der Waals surface area (Å²) in [5, 5.41) is 7.25. The Bertz CT molecular complexity index is 607. The summed E-state index contributed by atoms with van der Waals surface area (Å²) in [5.74, 6) is 0.275. The molecule has 0 bridgehead atoms. The number of hydrogen-bond acceptors (Lipinski definition) is 4. The SMILES string of the molecule is NC(=O)c1cc(NC2CNC2)nc2ccccc12. The van der Waals surface area contributed by atoms with Crippen LogP contribution in [0, 0.1) is 0 Å². The lowest BCUT2D eigenvalue weighted by atomic mass is 10.1. The number of rotatable bonds is 3. The molecule has 0 spiro atoms. The number of nitrogens with two attached hydrogens (primary N) is 1. The first-order valence-corrected chi connectivity index (χ1v) is 5.91. The van der Waals surface area contributed by atoms with Gasteiger partial charge in [-0.1, -0.05) is 18.2 Å². The van der Waals surface area contributed by atoms with Crippen LogP contribution in [0.25, 0.3) is 10.9 Å². The van der Waals surface area contributed by atoms with E-state index in [2.05, 4.69) is 15.6 Å². The molecular formula is C13H14N4O. The van der Waals surface area contributed by atoms with Crippen molar-refractivity contribution in [1.29, 1.82) is 0 Å². The molecule has 1 aromatic heterocycles. The Morgan fingerprint density at radius 2 is 2.17 bits per heavy atom. The monoisotopic (exact) mass is 242 g/mol. The number of carbonyl (C=O) groups excluding carboxylic acids is 1. The van der Waals surface area contributed by atoms with Gasteiger partial charge in [0.25, 0.3) is 0 Å². The molecule has 92 valence electrons. The first kappa shape index (κ1) is 11.0. The molecule has 1 aliphatic heterocycles. The second-order valence-corrected chi connectivity index (χ2v) is 4.44. The van der Waals surface area contributed by atoms with E-state index in [0.717, 1.165) is 24.0 Å². The minimum absolute atomic E-state index is 0.374. The molecule has 0 radical (unpaired) electrons. The Hall–Kier alpha value is -2.14. The zero-order valence-electron chi connectivity index (χ0n) is 9.81. The fourth-order valence-electron chi connectivity index (χ4n) is 2.05. The van der Waals surface area contributed by atoms with Gasteiger partial charge in [0.1, 0.15) is 5.82 Å². The van der Waals surface area contributed by atoms with E-state index in [-0.39, 0.29) is 0 Å². The van der Waals surface area contributed by atoms with Crippen molar-refractivity contribution in [1.82, 2.24) is 10.3 Å². The molecule has 0 saturated carbocycles. The number of aromatic nitrogens is 1. The Kier molecular flexibility index (Phi) is 2.60. The minimum Gasteiger partial charge on any atom is -0.366 e. The molecule has 5 heteroatoms. The summed E-state index contributed by atoms with van der Waals surface area (Å²) in [6, 6.07) is 9.61. The van der Waals surface area contributed by atoms with Crippen LogP contribution >= 0.6 is 0 Å². The molecular weight excluding hydrogens is 228 g/mol. The third-order valence-electron chi connectivity index (χ3n) is 3.12. The molecule has 2 heterocycles. The van der Waals surface area contributed by atoms with Crippen LogP contribution in [0.3, 0.4) is 0 Å². The maximum Gasteiger partial charge on any atom is 0.249 e. The number of carbonyl (C=O) groups is 1. The van der Waals surface area contributed by atoms with E-state index in [1.165, 1.54) is 0 Å². The van der Waals surface area contributed by atoms with Gasteiger partial charge in [0.2, 0.25) is 5.91 Å². The van der Waals surface area contributed by atoms with E-state index in [0.29, 0.717) is 17.4 Å². The molecule has 1 amide bonds. The highest BCUT2D eigenvalue weighted by molar-refractivity contribution is 6.06. The number of nitrogens with one attached hydrogen (secondary N) is 2. The topological polar surface area (TPSA) is 80.0 Å². The summed E-state index contributed by atoms with van der Waals surface area (Å²) in [6.45, 7) is 1.83. The smallest absolute Gasteiger partial charge is 0.249 e. The third-order valence-corrected chi connectivity index (χ3v) is 3.12. The summed E-state index contributed by atoms with van der Waals surface area (Å²) in [5.41, 5.74) is 6.71. The maximum absolute atomic E-state index is 11.5. The number of pyridine rings is 1. The average Bonchev–Trinajstić information content (AvgIpc) is 2.32. The highest BCUT2D eigenvalue weighted by Crippen LogP contribution is 2.21. The Morgan fingerprint density at radius 3 is 2.83 bits per heavy atom.